The summed E-state index contributed by atoms with van der Waals surface area (Å²) in [7, 11) is 0. The molecule has 0 unspecified atom stereocenters. The van der Waals surface area contributed by atoms with Crippen LogP contribution in [0.5, 0.6) is 0 Å². The summed E-state index contributed by atoms with van der Waals surface area (Å²) in [6.07, 6.45) is 0. The molecule has 0 atom stereocenters. The van der Waals surface area contributed by atoms with Crippen molar-refractivity contribution in [1.82, 2.24) is 4.98 Å². The Hall–Kier alpha value is -2.67. The average Bonchev–Trinajstić information content (AvgIpc) is 2.61. The van der Waals surface area contributed by atoms with Crippen LogP contribution in [0.1, 0.15) is 25.5 Å². The first-order valence-electron chi connectivity index (χ1n) is 8.12. The summed E-state index contributed by atoms with van der Waals surface area (Å²) < 4.78 is 0. The highest BCUT2D eigenvalue weighted by molar-refractivity contribution is 6.06. The Balaban J connectivity index is 2.08. The van der Waals surface area contributed by atoms with Gasteiger partial charge in [0.2, 0.25) is 0 Å². The highest BCUT2D eigenvalue weighted by Crippen LogP contribution is 2.33. The van der Waals surface area contributed by atoms with Gasteiger partial charge in [0.25, 0.3) is 0 Å². The zero-order valence-electron chi connectivity index (χ0n) is 13.5. The van der Waals surface area contributed by atoms with Gasteiger partial charge in [-0.15, -0.1) is 0 Å². The maximum atomic E-state index is 5.08. The van der Waals surface area contributed by atoms with E-state index in [2.05, 4.69) is 86.6 Å². The Morgan fingerprint density at radius 2 is 1.43 bits per heavy atom. The molecule has 1 heteroatoms. The molecule has 23 heavy (non-hydrogen) atoms. The summed E-state index contributed by atoms with van der Waals surface area (Å²) in [6.45, 7) is 4.43. The Labute approximate surface area is 136 Å². The maximum absolute atomic E-state index is 5.08. The second-order valence-electron chi connectivity index (χ2n) is 6.30. The molecule has 1 aromatic heterocycles. The number of nitrogens with zero attached hydrogens (tertiary/aromatic N) is 1. The molecule has 4 rings (SSSR count). The lowest BCUT2D eigenvalue weighted by Crippen LogP contribution is -1.98. The molecule has 0 fully saturated rings. The number of benzene rings is 3. The van der Waals surface area contributed by atoms with Crippen molar-refractivity contribution in [2.75, 3.05) is 0 Å². The average molecular weight is 297 g/mol. The van der Waals surface area contributed by atoms with E-state index in [1.54, 1.807) is 0 Å². The van der Waals surface area contributed by atoms with Gasteiger partial charge in [-0.3, -0.25) is 4.98 Å². The molecular weight excluding hydrogens is 278 g/mol. The fraction of sp³-hybridized carbons (Fsp3) is 0.136. The summed E-state index contributed by atoms with van der Waals surface area (Å²) in [5.41, 5.74) is 4.74. The van der Waals surface area contributed by atoms with E-state index in [0.717, 1.165) is 5.52 Å². The molecule has 0 aliphatic rings. The summed E-state index contributed by atoms with van der Waals surface area (Å²) in [5.74, 6) is 0.383. The van der Waals surface area contributed by atoms with E-state index in [1.807, 2.05) is 0 Å². The number of rotatable bonds is 2. The topological polar surface area (TPSA) is 12.9 Å². The predicted octanol–water partition coefficient (Wildman–Crippen LogP) is 6.18. The van der Waals surface area contributed by atoms with Crippen LogP contribution < -0.4 is 0 Å². The smallest absolute Gasteiger partial charge is 0.0784 e. The van der Waals surface area contributed by atoms with E-state index in [4.69, 9.17) is 4.98 Å². The molecule has 0 spiro atoms. The lowest BCUT2D eigenvalue weighted by molar-refractivity contribution is 0.833. The van der Waals surface area contributed by atoms with Gasteiger partial charge in [0.1, 0.15) is 0 Å². The predicted molar refractivity (Wildman–Crippen MR) is 98.8 cm³/mol. The zero-order chi connectivity index (χ0) is 15.8. The van der Waals surface area contributed by atoms with Crippen LogP contribution in [0, 0.1) is 0 Å². The van der Waals surface area contributed by atoms with E-state index in [9.17, 15) is 0 Å². The van der Waals surface area contributed by atoms with Crippen molar-refractivity contribution in [3.63, 3.8) is 0 Å². The van der Waals surface area contributed by atoms with Crippen LogP contribution in [-0.4, -0.2) is 4.98 Å². The quantitative estimate of drug-likeness (QED) is 0.403. The SMILES string of the molecule is CC(C)c1nc2c(ccc3ccccc32)cc1-c1ccccc1. The van der Waals surface area contributed by atoms with Gasteiger partial charge in [0, 0.05) is 16.3 Å². The van der Waals surface area contributed by atoms with Crippen molar-refractivity contribution >= 4 is 21.7 Å². The fourth-order valence-electron chi connectivity index (χ4n) is 3.21. The molecule has 0 saturated carbocycles. The molecule has 0 bridgehead atoms. The molecule has 0 saturated heterocycles. The third kappa shape index (κ3) is 2.39. The van der Waals surface area contributed by atoms with Crippen LogP contribution in [0.3, 0.4) is 0 Å². The highest BCUT2D eigenvalue weighted by atomic mass is 14.7. The van der Waals surface area contributed by atoms with Crippen molar-refractivity contribution in [2.45, 2.75) is 19.8 Å². The van der Waals surface area contributed by atoms with Crippen molar-refractivity contribution in [3.8, 4) is 11.1 Å². The zero-order valence-corrected chi connectivity index (χ0v) is 13.5. The molecule has 4 aromatic rings. The number of aromatic nitrogens is 1. The monoisotopic (exact) mass is 297 g/mol. The minimum absolute atomic E-state index is 0.383. The molecule has 112 valence electrons. The Bertz CT molecular complexity index is 985. The minimum atomic E-state index is 0.383. The van der Waals surface area contributed by atoms with E-state index in [0.29, 0.717) is 5.92 Å². The number of fused-ring (bicyclic) bond motifs is 3. The van der Waals surface area contributed by atoms with Crippen molar-refractivity contribution in [2.24, 2.45) is 0 Å². The van der Waals surface area contributed by atoms with Gasteiger partial charge in [-0.05, 0) is 22.9 Å². The molecule has 0 amide bonds. The Morgan fingerprint density at radius 1 is 0.739 bits per heavy atom. The van der Waals surface area contributed by atoms with E-state index < -0.39 is 0 Å². The van der Waals surface area contributed by atoms with Crippen molar-refractivity contribution in [3.05, 3.63) is 78.5 Å². The van der Waals surface area contributed by atoms with Crippen molar-refractivity contribution in [1.29, 1.82) is 0 Å². The Kier molecular flexibility index (Phi) is 3.34. The van der Waals surface area contributed by atoms with Crippen LogP contribution in [0.4, 0.5) is 0 Å². The number of hydrogen-bond acceptors (Lipinski definition) is 1. The second kappa shape index (κ2) is 5.51. The van der Waals surface area contributed by atoms with Gasteiger partial charge in [0.05, 0.1) is 11.2 Å². The lowest BCUT2D eigenvalue weighted by Gasteiger charge is -2.15. The third-order valence-corrected chi connectivity index (χ3v) is 4.37. The van der Waals surface area contributed by atoms with E-state index in [1.165, 1.54) is 33.0 Å². The van der Waals surface area contributed by atoms with Crippen LogP contribution in [0.25, 0.3) is 32.8 Å². The first-order chi connectivity index (χ1) is 11.2. The van der Waals surface area contributed by atoms with Crippen LogP contribution in [0.15, 0.2) is 72.8 Å². The molecule has 0 N–H and O–H groups in total. The Morgan fingerprint density at radius 3 is 2.22 bits per heavy atom. The molecule has 1 nitrogen and oxygen atoms in total. The number of pyridine rings is 1. The maximum Gasteiger partial charge on any atom is 0.0784 e. The van der Waals surface area contributed by atoms with Gasteiger partial charge in [-0.25, -0.2) is 0 Å². The molecular formula is C22H19N. The van der Waals surface area contributed by atoms with E-state index in [-0.39, 0.29) is 0 Å². The first kappa shape index (κ1) is 14.0. The molecule has 0 aliphatic heterocycles. The first-order valence-corrected chi connectivity index (χ1v) is 8.12. The number of hydrogen-bond donors (Lipinski definition) is 0. The molecule has 0 aliphatic carbocycles. The summed E-state index contributed by atoms with van der Waals surface area (Å²) >= 11 is 0. The van der Waals surface area contributed by atoms with Crippen LogP contribution in [0.2, 0.25) is 0 Å². The molecule has 1 heterocycles. The second-order valence-corrected chi connectivity index (χ2v) is 6.30. The minimum Gasteiger partial charge on any atom is -0.251 e. The van der Waals surface area contributed by atoms with Gasteiger partial charge in [-0.2, -0.15) is 0 Å². The molecule has 3 aromatic carbocycles. The van der Waals surface area contributed by atoms with Crippen LogP contribution >= 0.6 is 0 Å². The fourth-order valence-corrected chi connectivity index (χ4v) is 3.21. The third-order valence-electron chi connectivity index (χ3n) is 4.37. The van der Waals surface area contributed by atoms with Gasteiger partial charge in [-0.1, -0.05) is 80.6 Å². The van der Waals surface area contributed by atoms with Gasteiger partial charge in [0.15, 0.2) is 0 Å². The highest BCUT2D eigenvalue weighted by Gasteiger charge is 2.13. The summed E-state index contributed by atoms with van der Waals surface area (Å²) in [6, 6.07) is 25.7. The lowest BCUT2D eigenvalue weighted by atomic mass is 9.95. The van der Waals surface area contributed by atoms with E-state index >= 15 is 0 Å². The van der Waals surface area contributed by atoms with Crippen molar-refractivity contribution < 1.29 is 0 Å². The van der Waals surface area contributed by atoms with Crippen LogP contribution in [-0.2, 0) is 0 Å². The normalized spacial score (nSPS) is 11.4. The van der Waals surface area contributed by atoms with Gasteiger partial charge < -0.3 is 0 Å². The van der Waals surface area contributed by atoms with Gasteiger partial charge >= 0.3 is 0 Å². The largest absolute Gasteiger partial charge is 0.251 e. The summed E-state index contributed by atoms with van der Waals surface area (Å²) in [4.78, 5) is 5.08. The molecule has 0 radical (unpaired) electrons. The standard InChI is InChI=1S/C22H19N/c1-15(2)21-20(16-8-4-3-5-9-16)14-18-13-12-17-10-6-7-11-19(17)22(18)23-21/h3-15H,1-2H3. The summed E-state index contributed by atoms with van der Waals surface area (Å²) in [5, 5.41) is 3.67.